The Balaban J connectivity index is -0.000000114. The van der Waals surface area contributed by atoms with Gasteiger partial charge >= 0.3 is 12.1 Å². The van der Waals surface area contributed by atoms with E-state index in [1.165, 1.54) is 6.92 Å². The molecule has 7 heteroatoms. The van der Waals surface area contributed by atoms with Gasteiger partial charge in [0.25, 0.3) is 0 Å². The average Bonchev–Trinajstić information content (AvgIpc) is 1.63. The molecule has 0 aromatic carbocycles. The van der Waals surface area contributed by atoms with Crippen LogP contribution in [0.3, 0.4) is 0 Å². The van der Waals surface area contributed by atoms with Crippen LogP contribution < -0.4 is 0 Å². The van der Waals surface area contributed by atoms with Crippen molar-refractivity contribution in [3.05, 3.63) is 0 Å². The van der Waals surface area contributed by atoms with Gasteiger partial charge in [0.1, 0.15) is 6.10 Å². The van der Waals surface area contributed by atoms with Gasteiger partial charge in [-0.25, -0.2) is 9.59 Å². The summed E-state index contributed by atoms with van der Waals surface area (Å²) >= 11 is 0. The maximum Gasteiger partial charge on any atom is 0.503 e. The number of carbonyl (C=O) groups is 2. The molecule has 0 aromatic rings. The van der Waals surface area contributed by atoms with Crippen molar-refractivity contribution >= 4 is 12.1 Å². The molecule has 0 aliphatic rings. The van der Waals surface area contributed by atoms with Gasteiger partial charge in [-0.1, -0.05) is 0 Å². The van der Waals surface area contributed by atoms with Gasteiger partial charge in [0.15, 0.2) is 0 Å². The summed E-state index contributed by atoms with van der Waals surface area (Å²) in [4.78, 5) is 18.0. The van der Waals surface area contributed by atoms with Crippen LogP contribution >= 0.6 is 0 Å². The minimum absolute atomic E-state index is 0. The van der Waals surface area contributed by atoms with Crippen LogP contribution in [0.1, 0.15) is 6.92 Å². The molecule has 62 valence electrons. The Morgan fingerprint density at radius 1 is 1.18 bits per heavy atom. The molecule has 1 unspecified atom stereocenters. The molecule has 0 aliphatic heterocycles. The number of carboxylic acid groups (broad SMARTS) is 3. The molecule has 0 saturated carbocycles. The second kappa shape index (κ2) is 9.32. The Kier molecular flexibility index (Phi) is 14.2. The van der Waals surface area contributed by atoms with Crippen molar-refractivity contribution in [2.45, 2.75) is 13.0 Å². The molecule has 6 nitrogen and oxygen atoms in total. The maximum atomic E-state index is 9.45. The van der Waals surface area contributed by atoms with Crippen molar-refractivity contribution in [1.29, 1.82) is 0 Å². The summed E-state index contributed by atoms with van der Waals surface area (Å²) in [5.74, 6) is -1.19. The van der Waals surface area contributed by atoms with Crippen molar-refractivity contribution in [2.75, 3.05) is 0 Å². The van der Waals surface area contributed by atoms with Gasteiger partial charge in [-0.05, 0) is 6.92 Å². The molecule has 0 rings (SSSR count). The van der Waals surface area contributed by atoms with Crippen molar-refractivity contribution in [1.82, 2.24) is 0 Å². The van der Waals surface area contributed by atoms with Crippen LogP contribution in [0.2, 0.25) is 0 Å². The zero-order chi connectivity index (χ0) is 8.73. The van der Waals surface area contributed by atoms with Crippen LogP contribution in [-0.4, -0.2) is 38.7 Å². The molecule has 0 bridgehead atoms. The SMILES string of the molecule is CC(O)C(=O)O.O=C(O)O.[Zn]. The van der Waals surface area contributed by atoms with E-state index in [0.717, 1.165) is 0 Å². The molecule has 0 fully saturated rings. The Labute approximate surface area is 75.2 Å². The zero-order valence-corrected chi connectivity index (χ0v) is 8.86. The van der Waals surface area contributed by atoms with Crippen LogP contribution in [0.15, 0.2) is 0 Å². The standard InChI is InChI=1S/C3H6O3.CH2O3.Zn/c1-2(4)3(5)6;2-1(3)4;/h2,4H,1H3,(H,5,6);(H2,2,3,4);. The predicted molar refractivity (Wildman–Crippen MR) is 30.0 cm³/mol. The van der Waals surface area contributed by atoms with Gasteiger partial charge in [-0.15, -0.1) is 0 Å². The van der Waals surface area contributed by atoms with Gasteiger partial charge in [-0.3, -0.25) is 0 Å². The van der Waals surface area contributed by atoms with Crippen LogP contribution in [0, 0.1) is 0 Å². The zero-order valence-electron chi connectivity index (χ0n) is 5.89. The first-order valence-electron chi connectivity index (χ1n) is 2.20. The van der Waals surface area contributed by atoms with Crippen LogP contribution in [0.4, 0.5) is 4.79 Å². The van der Waals surface area contributed by atoms with Crippen molar-refractivity contribution in [3.8, 4) is 0 Å². The topological polar surface area (TPSA) is 115 Å². The van der Waals surface area contributed by atoms with Gasteiger partial charge in [0.05, 0.1) is 0 Å². The van der Waals surface area contributed by atoms with E-state index in [4.69, 9.17) is 25.2 Å². The molecule has 0 aromatic heterocycles. The van der Waals surface area contributed by atoms with Gasteiger partial charge in [-0.2, -0.15) is 0 Å². The maximum absolute atomic E-state index is 9.45. The second-order valence-electron chi connectivity index (χ2n) is 1.30. The fraction of sp³-hybridized carbons (Fsp3) is 0.500. The number of aliphatic hydroxyl groups excluding tert-OH is 1. The Morgan fingerprint density at radius 3 is 1.27 bits per heavy atom. The van der Waals surface area contributed by atoms with E-state index in [-0.39, 0.29) is 19.5 Å². The molecule has 0 amide bonds. The summed E-state index contributed by atoms with van der Waals surface area (Å²) in [6.45, 7) is 1.20. The fourth-order valence-electron chi connectivity index (χ4n) is 0. The molecule has 4 N–H and O–H groups in total. The monoisotopic (exact) mass is 216 g/mol. The first kappa shape index (κ1) is 16.7. The minimum atomic E-state index is -1.83. The predicted octanol–water partition coefficient (Wildman–Crippen LogP) is -0.328. The molecule has 11 heavy (non-hydrogen) atoms. The summed E-state index contributed by atoms with van der Waals surface area (Å²) in [5, 5.41) is 29.7. The van der Waals surface area contributed by atoms with Gasteiger partial charge in [0.2, 0.25) is 0 Å². The number of aliphatic hydroxyl groups is 1. The summed E-state index contributed by atoms with van der Waals surface area (Å²) in [6, 6.07) is 0. The van der Waals surface area contributed by atoms with E-state index in [9.17, 15) is 4.79 Å². The Hall–Kier alpha value is -0.677. The van der Waals surface area contributed by atoms with E-state index in [2.05, 4.69) is 0 Å². The fourth-order valence-corrected chi connectivity index (χ4v) is 0. The number of rotatable bonds is 1. The van der Waals surface area contributed by atoms with E-state index >= 15 is 0 Å². The normalized spacial score (nSPS) is 9.64. The Morgan fingerprint density at radius 2 is 1.27 bits per heavy atom. The van der Waals surface area contributed by atoms with Crippen molar-refractivity contribution < 1.29 is 49.5 Å². The van der Waals surface area contributed by atoms with Crippen LogP contribution in [-0.2, 0) is 24.3 Å². The molecule has 1 atom stereocenters. The molecule has 0 radical (unpaired) electrons. The van der Waals surface area contributed by atoms with E-state index in [0.29, 0.717) is 0 Å². The summed E-state index contributed by atoms with van der Waals surface area (Å²) in [5.41, 5.74) is 0. The van der Waals surface area contributed by atoms with Crippen LogP contribution in [0.25, 0.3) is 0 Å². The summed E-state index contributed by atoms with van der Waals surface area (Å²) < 4.78 is 0. The molecule has 0 saturated heterocycles. The number of carboxylic acids is 1. The first-order chi connectivity index (χ1) is 4.37. The Bertz CT molecular complexity index is 118. The average molecular weight is 217 g/mol. The van der Waals surface area contributed by atoms with Gasteiger partial charge in [0, 0.05) is 19.5 Å². The first-order valence-corrected chi connectivity index (χ1v) is 2.20. The second-order valence-corrected chi connectivity index (χ2v) is 1.30. The van der Waals surface area contributed by atoms with Gasteiger partial charge < -0.3 is 20.4 Å². The largest absolute Gasteiger partial charge is 0.503 e. The third-order valence-corrected chi connectivity index (χ3v) is 0.357. The number of aliphatic carboxylic acids is 1. The van der Waals surface area contributed by atoms with E-state index in [1.54, 1.807) is 0 Å². The van der Waals surface area contributed by atoms with Crippen molar-refractivity contribution in [2.24, 2.45) is 0 Å². The van der Waals surface area contributed by atoms with Crippen molar-refractivity contribution in [3.63, 3.8) is 0 Å². The van der Waals surface area contributed by atoms with E-state index < -0.39 is 18.2 Å². The van der Waals surface area contributed by atoms with E-state index in [1.807, 2.05) is 0 Å². The molecule has 0 spiro atoms. The number of hydrogen-bond donors (Lipinski definition) is 4. The molecule has 0 aliphatic carbocycles. The third-order valence-electron chi connectivity index (χ3n) is 0.357. The minimum Gasteiger partial charge on any atom is -0.479 e. The summed E-state index contributed by atoms with van der Waals surface area (Å²) in [7, 11) is 0. The number of hydrogen-bond acceptors (Lipinski definition) is 3. The molecular weight excluding hydrogens is 209 g/mol. The quantitative estimate of drug-likeness (QED) is 0.447. The molecular formula is C4H8O6Zn. The smallest absolute Gasteiger partial charge is 0.479 e. The summed E-state index contributed by atoms with van der Waals surface area (Å²) in [6.07, 6.45) is -3.06. The third kappa shape index (κ3) is 45.3. The molecule has 0 heterocycles. The van der Waals surface area contributed by atoms with Crippen LogP contribution in [0.5, 0.6) is 0 Å².